The molecule has 0 nitrogen and oxygen atoms in total. The monoisotopic (exact) mass is 688 g/mol. The molecule has 0 amide bonds. The first-order valence-electron chi connectivity index (χ1n) is 19.2. The molecule has 0 unspecified atom stereocenters. The van der Waals surface area contributed by atoms with Crippen molar-refractivity contribution in [3.63, 3.8) is 0 Å². The van der Waals surface area contributed by atoms with Crippen molar-refractivity contribution in [1.82, 2.24) is 0 Å². The molecule has 0 aromatic heterocycles. The first kappa shape index (κ1) is 31.3. The number of benzene rings is 9. The Labute approximate surface area is 317 Å². The first-order valence-corrected chi connectivity index (χ1v) is 19.2. The van der Waals surface area contributed by atoms with Crippen LogP contribution in [-0.2, 0) is 10.8 Å². The number of fused-ring (bicyclic) bond motifs is 10. The lowest BCUT2D eigenvalue weighted by Crippen LogP contribution is -2.18. The number of rotatable bonds is 3. The van der Waals surface area contributed by atoms with Crippen LogP contribution in [0.15, 0.2) is 170 Å². The lowest BCUT2D eigenvalue weighted by molar-refractivity contribution is 0.648. The van der Waals surface area contributed by atoms with E-state index in [0.717, 1.165) is 0 Å². The summed E-state index contributed by atoms with van der Waals surface area (Å²) in [4.78, 5) is 0. The Balaban J connectivity index is 1.05. The van der Waals surface area contributed by atoms with Gasteiger partial charge in [0.05, 0.1) is 0 Å². The van der Waals surface area contributed by atoms with Gasteiger partial charge in [-0.25, -0.2) is 0 Å². The third-order valence-corrected chi connectivity index (χ3v) is 12.8. The van der Waals surface area contributed by atoms with Crippen molar-refractivity contribution in [3.8, 4) is 55.6 Å². The van der Waals surface area contributed by atoms with Crippen molar-refractivity contribution in [2.75, 3.05) is 0 Å². The smallest absolute Gasteiger partial charge is 0.0165 e. The normalized spacial score (nSPS) is 14.6. The summed E-state index contributed by atoms with van der Waals surface area (Å²) in [5.41, 5.74) is 18.6. The molecule has 9 aromatic rings. The molecule has 9 aromatic carbocycles. The summed E-state index contributed by atoms with van der Waals surface area (Å²) in [5.74, 6) is 0. The van der Waals surface area contributed by atoms with Crippen LogP contribution in [0.2, 0.25) is 0 Å². The maximum absolute atomic E-state index is 2.54. The van der Waals surface area contributed by atoms with Crippen LogP contribution in [0.3, 0.4) is 0 Å². The van der Waals surface area contributed by atoms with E-state index in [1.165, 1.54) is 110 Å². The minimum Gasteiger partial charge on any atom is -0.0619 e. The van der Waals surface area contributed by atoms with Crippen molar-refractivity contribution in [1.29, 1.82) is 0 Å². The second-order valence-electron chi connectivity index (χ2n) is 16.6. The molecule has 0 fully saturated rings. The summed E-state index contributed by atoms with van der Waals surface area (Å²) in [7, 11) is 0. The third-order valence-electron chi connectivity index (χ3n) is 12.8. The van der Waals surface area contributed by atoms with E-state index in [1.807, 2.05) is 0 Å². The van der Waals surface area contributed by atoms with Gasteiger partial charge in [0.15, 0.2) is 0 Å². The molecule has 256 valence electrons. The standard InChI is InChI=1S/C54H40/c1-53(2)48-31-42(41-23-22-39-28-38(20-21-40(39)29-41)37-19-17-33-11-5-7-13-35(33)27-37)25-26-45(48)51-49(53)32-46(43-24-18-34-12-6-8-14-36(34)30-43)50-44-15-9-10-16-47(44)54(3,4)52(50)51/h5-32H,1-4H3. The maximum atomic E-state index is 2.54. The lowest BCUT2D eigenvalue weighted by atomic mass is 9.75. The Bertz CT molecular complexity index is 3040. The fraction of sp³-hybridized carbons (Fsp3) is 0.111. The molecule has 54 heavy (non-hydrogen) atoms. The average Bonchev–Trinajstić information content (AvgIpc) is 3.59. The van der Waals surface area contributed by atoms with Gasteiger partial charge in [0, 0.05) is 10.8 Å². The molecule has 0 N–H and O–H groups in total. The Kier molecular flexibility index (Phi) is 6.46. The fourth-order valence-electron chi connectivity index (χ4n) is 9.90. The van der Waals surface area contributed by atoms with E-state index in [0.29, 0.717) is 0 Å². The molecule has 0 heterocycles. The van der Waals surface area contributed by atoms with Crippen LogP contribution in [0.1, 0.15) is 49.9 Å². The molecule has 2 aliphatic rings. The molecule has 0 aliphatic heterocycles. The highest BCUT2D eigenvalue weighted by molar-refractivity contribution is 6.03. The van der Waals surface area contributed by atoms with Gasteiger partial charge in [-0.15, -0.1) is 0 Å². The highest BCUT2D eigenvalue weighted by Crippen LogP contribution is 2.61. The molecule has 0 radical (unpaired) electrons. The zero-order valence-corrected chi connectivity index (χ0v) is 31.2. The van der Waals surface area contributed by atoms with Crippen LogP contribution in [0.4, 0.5) is 0 Å². The fourth-order valence-corrected chi connectivity index (χ4v) is 9.90. The van der Waals surface area contributed by atoms with E-state index >= 15 is 0 Å². The minimum atomic E-state index is -0.169. The van der Waals surface area contributed by atoms with Gasteiger partial charge in [0.2, 0.25) is 0 Å². The lowest BCUT2D eigenvalue weighted by Gasteiger charge is -2.27. The van der Waals surface area contributed by atoms with Crippen molar-refractivity contribution < 1.29 is 0 Å². The van der Waals surface area contributed by atoms with Gasteiger partial charge >= 0.3 is 0 Å². The van der Waals surface area contributed by atoms with E-state index in [1.54, 1.807) is 0 Å². The molecular weight excluding hydrogens is 649 g/mol. The van der Waals surface area contributed by atoms with Crippen molar-refractivity contribution in [2.24, 2.45) is 0 Å². The summed E-state index contributed by atoms with van der Waals surface area (Å²) in [6, 6.07) is 63.8. The van der Waals surface area contributed by atoms with Crippen LogP contribution in [0, 0.1) is 0 Å². The Morgan fingerprint density at radius 3 is 1.35 bits per heavy atom. The quantitative estimate of drug-likeness (QED) is 0.173. The van der Waals surface area contributed by atoms with Gasteiger partial charge in [-0.3, -0.25) is 0 Å². The molecular formula is C54H40. The van der Waals surface area contributed by atoms with Gasteiger partial charge < -0.3 is 0 Å². The topological polar surface area (TPSA) is 0 Å². The van der Waals surface area contributed by atoms with Gasteiger partial charge in [-0.2, -0.15) is 0 Å². The average molecular weight is 689 g/mol. The molecule has 0 spiro atoms. The number of hydrogen-bond donors (Lipinski definition) is 0. The summed E-state index contributed by atoms with van der Waals surface area (Å²) in [6.45, 7) is 9.73. The SMILES string of the molecule is CC1(C)c2cc(-c3ccc4cc(-c5ccc6ccccc6c5)ccc4c3)ccc2-c2c1cc(-c1ccc3ccccc3c1)c1c2C(C)(C)c2ccccc2-1. The van der Waals surface area contributed by atoms with Crippen LogP contribution in [0.5, 0.6) is 0 Å². The van der Waals surface area contributed by atoms with E-state index in [-0.39, 0.29) is 10.8 Å². The molecule has 0 heteroatoms. The van der Waals surface area contributed by atoms with E-state index in [4.69, 9.17) is 0 Å². The maximum Gasteiger partial charge on any atom is 0.0165 e. The van der Waals surface area contributed by atoms with Gasteiger partial charge in [-0.1, -0.05) is 161 Å². The van der Waals surface area contributed by atoms with Gasteiger partial charge in [0.1, 0.15) is 0 Å². The highest BCUT2D eigenvalue weighted by Gasteiger charge is 2.46. The molecule has 11 rings (SSSR count). The Morgan fingerprint density at radius 1 is 0.278 bits per heavy atom. The zero-order chi connectivity index (χ0) is 36.3. The zero-order valence-electron chi connectivity index (χ0n) is 31.2. The summed E-state index contributed by atoms with van der Waals surface area (Å²) < 4.78 is 0. The summed E-state index contributed by atoms with van der Waals surface area (Å²) in [5, 5.41) is 7.63. The van der Waals surface area contributed by atoms with Crippen molar-refractivity contribution >= 4 is 32.3 Å². The molecule has 0 bridgehead atoms. The number of hydrogen-bond acceptors (Lipinski definition) is 0. The van der Waals surface area contributed by atoms with E-state index < -0.39 is 0 Å². The van der Waals surface area contributed by atoms with Crippen LogP contribution in [-0.4, -0.2) is 0 Å². The van der Waals surface area contributed by atoms with Crippen LogP contribution < -0.4 is 0 Å². The van der Waals surface area contributed by atoms with E-state index in [2.05, 4.69) is 198 Å². The van der Waals surface area contributed by atoms with E-state index in [9.17, 15) is 0 Å². The second-order valence-corrected chi connectivity index (χ2v) is 16.6. The first-order chi connectivity index (χ1) is 26.3. The largest absolute Gasteiger partial charge is 0.0619 e. The van der Waals surface area contributed by atoms with Gasteiger partial charge in [-0.05, 0) is 147 Å². The molecule has 2 aliphatic carbocycles. The third kappa shape index (κ3) is 4.44. The van der Waals surface area contributed by atoms with Crippen molar-refractivity contribution in [3.05, 3.63) is 192 Å². The Morgan fingerprint density at radius 2 is 0.722 bits per heavy atom. The Hall–Kier alpha value is -6.24. The summed E-state index contributed by atoms with van der Waals surface area (Å²) >= 11 is 0. The molecule has 0 saturated carbocycles. The highest BCUT2D eigenvalue weighted by atomic mass is 14.5. The minimum absolute atomic E-state index is 0.136. The van der Waals surface area contributed by atoms with Crippen LogP contribution in [0.25, 0.3) is 88.0 Å². The van der Waals surface area contributed by atoms with Gasteiger partial charge in [0.25, 0.3) is 0 Å². The molecule has 0 atom stereocenters. The molecule has 0 saturated heterocycles. The van der Waals surface area contributed by atoms with Crippen LogP contribution >= 0.6 is 0 Å². The second kappa shape index (κ2) is 11.1. The van der Waals surface area contributed by atoms with Crippen molar-refractivity contribution in [2.45, 2.75) is 38.5 Å². The predicted molar refractivity (Wildman–Crippen MR) is 230 cm³/mol. The summed E-state index contributed by atoms with van der Waals surface area (Å²) in [6.07, 6.45) is 0. The predicted octanol–water partition coefficient (Wildman–Crippen LogP) is 14.8.